The lowest BCUT2D eigenvalue weighted by atomic mass is 9.97. The number of aliphatic hydroxyl groups is 1. The molecule has 2 rings (SSSR count). The molecule has 2 atom stereocenters. The van der Waals surface area contributed by atoms with E-state index in [9.17, 15) is 5.11 Å². The van der Waals surface area contributed by atoms with Gasteiger partial charge in [-0.05, 0) is 30.0 Å². The summed E-state index contributed by atoms with van der Waals surface area (Å²) >= 11 is 0. The summed E-state index contributed by atoms with van der Waals surface area (Å²) in [6, 6.07) is 18.5. The quantitative estimate of drug-likeness (QED) is 0.659. The summed E-state index contributed by atoms with van der Waals surface area (Å²) in [5.41, 5.74) is 3.48. The first-order valence-corrected chi connectivity index (χ1v) is 8.94. The molecule has 0 unspecified atom stereocenters. The van der Waals surface area contributed by atoms with Crippen LogP contribution in [-0.2, 0) is 4.74 Å². The Kier molecular flexibility index (Phi) is 7.96. The zero-order valence-electron chi connectivity index (χ0n) is 14.8. The number of benzene rings is 2. The molecule has 0 bridgehead atoms. The van der Waals surface area contributed by atoms with Gasteiger partial charge in [-0.2, -0.15) is 0 Å². The van der Waals surface area contributed by atoms with Crippen LogP contribution < -0.4 is 5.32 Å². The molecule has 3 N–H and O–H groups in total. The Morgan fingerprint density at radius 2 is 1.75 bits per heavy atom. The van der Waals surface area contributed by atoms with E-state index in [0.717, 1.165) is 17.7 Å². The molecule has 0 fully saturated rings. The normalized spacial score (nSPS) is 13.6. The molecule has 0 amide bonds. The van der Waals surface area contributed by atoms with E-state index in [2.05, 4.69) is 43.4 Å². The third kappa shape index (κ3) is 5.75. The highest BCUT2D eigenvalue weighted by atomic mass is 16.5. The molecule has 0 heterocycles. The lowest BCUT2D eigenvalue weighted by Gasteiger charge is -2.22. The van der Waals surface area contributed by atoms with Crippen LogP contribution in [0.25, 0.3) is 0 Å². The molecule has 0 saturated carbocycles. The predicted molar refractivity (Wildman–Crippen MR) is 98.0 cm³/mol. The van der Waals surface area contributed by atoms with Gasteiger partial charge in [0.25, 0.3) is 0 Å². The molecule has 0 aliphatic carbocycles. The number of quaternary nitrogens is 1. The van der Waals surface area contributed by atoms with Gasteiger partial charge < -0.3 is 15.2 Å². The van der Waals surface area contributed by atoms with Gasteiger partial charge in [0.05, 0.1) is 13.2 Å². The molecule has 0 saturated heterocycles. The first-order chi connectivity index (χ1) is 11.7. The topological polar surface area (TPSA) is 46.1 Å². The number of unbranched alkanes of at least 4 members (excludes halogenated alkanes) is 1. The third-order valence-electron chi connectivity index (χ3n) is 4.23. The predicted octanol–water partition coefficient (Wildman–Crippen LogP) is 2.83. The molecule has 24 heavy (non-hydrogen) atoms. The number of rotatable bonds is 10. The maximum absolute atomic E-state index is 10.2. The van der Waals surface area contributed by atoms with Crippen molar-refractivity contribution >= 4 is 0 Å². The van der Waals surface area contributed by atoms with Crippen molar-refractivity contribution in [2.45, 2.75) is 38.9 Å². The lowest BCUT2D eigenvalue weighted by Crippen LogP contribution is -2.86. The van der Waals surface area contributed by atoms with Gasteiger partial charge in [0, 0.05) is 0 Å². The van der Waals surface area contributed by atoms with Crippen molar-refractivity contribution in [3.8, 4) is 0 Å². The molecule has 0 aromatic heterocycles. The Bertz CT molecular complexity index is 585. The molecule has 0 spiro atoms. The fraction of sp³-hybridized carbons (Fsp3) is 0.429. The first-order valence-electron chi connectivity index (χ1n) is 8.94. The smallest absolute Gasteiger partial charge is 0.126 e. The summed E-state index contributed by atoms with van der Waals surface area (Å²) < 4.78 is 6.14. The van der Waals surface area contributed by atoms with E-state index < -0.39 is 6.10 Å². The molecule has 130 valence electrons. The van der Waals surface area contributed by atoms with Crippen molar-refractivity contribution in [1.29, 1.82) is 0 Å². The van der Waals surface area contributed by atoms with Gasteiger partial charge in [0.15, 0.2) is 0 Å². The van der Waals surface area contributed by atoms with Gasteiger partial charge in [0.1, 0.15) is 18.8 Å². The van der Waals surface area contributed by atoms with E-state index in [1.807, 2.05) is 30.3 Å². The Hall–Kier alpha value is -1.68. The lowest BCUT2D eigenvalue weighted by molar-refractivity contribution is -0.661. The van der Waals surface area contributed by atoms with Gasteiger partial charge >= 0.3 is 0 Å². The standard InChI is InChI=1S/C21H29NO2/c1-3-4-14-22-15-19(23)16-24-21(18-11-6-5-7-12-18)20-13-9-8-10-17(20)2/h5-13,19,21-23H,3-4,14-16H2,1-2H3/p+1/t19-,21-/m1/s1. The van der Waals surface area contributed by atoms with Crippen LogP contribution >= 0.6 is 0 Å². The van der Waals surface area contributed by atoms with E-state index in [-0.39, 0.29) is 6.10 Å². The Balaban J connectivity index is 2.01. The molecular weight excluding hydrogens is 298 g/mol. The number of ether oxygens (including phenoxy) is 1. The molecular formula is C21H30NO2+. The number of aryl methyl sites for hydroxylation is 1. The molecule has 0 aliphatic rings. The summed E-state index contributed by atoms with van der Waals surface area (Å²) in [5.74, 6) is 0. The summed E-state index contributed by atoms with van der Waals surface area (Å²) in [4.78, 5) is 0. The summed E-state index contributed by atoms with van der Waals surface area (Å²) in [6.07, 6.45) is 1.78. The summed E-state index contributed by atoms with van der Waals surface area (Å²) in [7, 11) is 0. The zero-order chi connectivity index (χ0) is 17.2. The Morgan fingerprint density at radius 3 is 2.46 bits per heavy atom. The number of aliphatic hydroxyl groups excluding tert-OH is 1. The first kappa shape index (κ1) is 18.7. The van der Waals surface area contributed by atoms with Crippen LogP contribution in [0, 0.1) is 6.92 Å². The van der Waals surface area contributed by atoms with Crippen LogP contribution in [0.15, 0.2) is 54.6 Å². The van der Waals surface area contributed by atoms with E-state index in [1.165, 1.54) is 18.4 Å². The SMILES string of the molecule is CCCC[NH2+]C[C@@H](O)CO[C@H](c1ccccc1)c1ccccc1C. The van der Waals surface area contributed by atoms with Gasteiger partial charge in [-0.1, -0.05) is 67.9 Å². The molecule has 0 aliphatic heterocycles. The van der Waals surface area contributed by atoms with E-state index in [1.54, 1.807) is 0 Å². The van der Waals surface area contributed by atoms with Crippen molar-refractivity contribution in [2.24, 2.45) is 0 Å². The second-order valence-electron chi connectivity index (χ2n) is 6.30. The maximum Gasteiger partial charge on any atom is 0.126 e. The molecule has 3 nitrogen and oxygen atoms in total. The van der Waals surface area contributed by atoms with E-state index >= 15 is 0 Å². The fourth-order valence-electron chi connectivity index (χ4n) is 2.81. The Labute approximate surface area is 145 Å². The molecule has 2 aromatic rings. The number of nitrogens with two attached hydrogens (primary N) is 1. The number of hydrogen-bond acceptors (Lipinski definition) is 2. The van der Waals surface area contributed by atoms with Crippen molar-refractivity contribution in [3.63, 3.8) is 0 Å². The minimum atomic E-state index is -0.447. The second kappa shape index (κ2) is 10.2. The monoisotopic (exact) mass is 328 g/mol. The zero-order valence-corrected chi connectivity index (χ0v) is 14.8. The second-order valence-corrected chi connectivity index (χ2v) is 6.30. The highest BCUT2D eigenvalue weighted by Gasteiger charge is 2.18. The fourth-order valence-corrected chi connectivity index (χ4v) is 2.81. The highest BCUT2D eigenvalue weighted by Crippen LogP contribution is 2.28. The largest absolute Gasteiger partial charge is 0.385 e. The van der Waals surface area contributed by atoms with Crippen molar-refractivity contribution in [1.82, 2.24) is 0 Å². The van der Waals surface area contributed by atoms with Crippen molar-refractivity contribution in [3.05, 3.63) is 71.3 Å². The maximum atomic E-state index is 10.2. The molecule has 0 radical (unpaired) electrons. The van der Waals surface area contributed by atoms with Crippen LogP contribution in [0.3, 0.4) is 0 Å². The average Bonchev–Trinajstić information content (AvgIpc) is 2.61. The van der Waals surface area contributed by atoms with Crippen molar-refractivity contribution < 1.29 is 15.2 Å². The van der Waals surface area contributed by atoms with Crippen LogP contribution in [-0.4, -0.2) is 30.9 Å². The minimum absolute atomic E-state index is 0.141. The van der Waals surface area contributed by atoms with Crippen LogP contribution in [0.1, 0.15) is 42.6 Å². The Morgan fingerprint density at radius 1 is 1.04 bits per heavy atom. The van der Waals surface area contributed by atoms with Crippen LogP contribution in [0.2, 0.25) is 0 Å². The third-order valence-corrected chi connectivity index (χ3v) is 4.23. The minimum Gasteiger partial charge on any atom is -0.385 e. The van der Waals surface area contributed by atoms with E-state index in [0.29, 0.717) is 13.2 Å². The van der Waals surface area contributed by atoms with Gasteiger partial charge in [-0.3, -0.25) is 0 Å². The average molecular weight is 328 g/mol. The summed E-state index contributed by atoms with van der Waals surface area (Å²) in [5, 5.41) is 12.4. The molecule has 2 aromatic carbocycles. The molecule has 3 heteroatoms. The van der Waals surface area contributed by atoms with Crippen LogP contribution in [0.5, 0.6) is 0 Å². The van der Waals surface area contributed by atoms with Gasteiger partial charge in [0.2, 0.25) is 0 Å². The van der Waals surface area contributed by atoms with Gasteiger partial charge in [-0.15, -0.1) is 0 Å². The van der Waals surface area contributed by atoms with Gasteiger partial charge in [-0.25, -0.2) is 0 Å². The number of hydrogen-bond donors (Lipinski definition) is 2. The van der Waals surface area contributed by atoms with Crippen LogP contribution in [0.4, 0.5) is 0 Å². The highest BCUT2D eigenvalue weighted by molar-refractivity contribution is 5.35. The van der Waals surface area contributed by atoms with E-state index in [4.69, 9.17) is 4.74 Å². The summed E-state index contributed by atoms with van der Waals surface area (Å²) in [6.45, 7) is 6.38. The van der Waals surface area contributed by atoms with Crippen molar-refractivity contribution in [2.75, 3.05) is 19.7 Å².